The van der Waals surface area contributed by atoms with Crippen molar-refractivity contribution in [3.63, 3.8) is 0 Å². The van der Waals surface area contributed by atoms with Gasteiger partial charge in [0, 0.05) is 18.9 Å². The van der Waals surface area contributed by atoms with Crippen LogP contribution in [0.15, 0.2) is 47.4 Å². The van der Waals surface area contributed by atoms with Crippen LogP contribution >= 0.6 is 0 Å². The minimum atomic E-state index is -1.13. The van der Waals surface area contributed by atoms with Gasteiger partial charge >= 0.3 is 5.69 Å². The average Bonchev–Trinajstić information content (AvgIpc) is 3.04. The Bertz CT molecular complexity index is 874. The molecule has 0 aliphatic carbocycles. The molecular weight excluding hydrogens is 382 g/mol. The Hall–Kier alpha value is -2.63. The van der Waals surface area contributed by atoms with Crippen molar-refractivity contribution in [1.82, 2.24) is 9.55 Å². The normalized spacial score (nSPS) is 23.8. The summed E-state index contributed by atoms with van der Waals surface area (Å²) in [4.78, 5) is 28.6. The maximum Gasteiger partial charge on any atom is 0.351 e. The van der Waals surface area contributed by atoms with E-state index in [2.05, 4.69) is 10.3 Å². The molecule has 2 heterocycles. The van der Waals surface area contributed by atoms with Crippen LogP contribution in [-0.4, -0.2) is 70.9 Å². The van der Waals surface area contributed by atoms with Crippen molar-refractivity contribution in [2.24, 2.45) is 0 Å². The number of ether oxygens (including phenoxy) is 3. The summed E-state index contributed by atoms with van der Waals surface area (Å²) in [6.07, 6.45) is -2.53. The van der Waals surface area contributed by atoms with Crippen molar-refractivity contribution in [2.75, 3.05) is 32.2 Å². The monoisotopic (exact) mass is 405 g/mol. The van der Waals surface area contributed by atoms with Crippen LogP contribution in [0.4, 0.5) is 5.82 Å². The SMILES string of the molecule is COCCOC1[C@@H](O)[C@@H](CO)O[C@H]1n1ccc(NC(=O)c2ccccc2)nc1=O. The van der Waals surface area contributed by atoms with Crippen LogP contribution in [-0.2, 0) is 14.2 Å². The van der Waals surface area contributed by atoms with Gasteiger partial charge in [-0.15, -0.1) is 0 Å². The Morgan fingerprint density at radius 1 is 1.28 bits per heavy atom. The lowest BCUT2D eigenvalue weighted by Crippen LogP contribution is -2.38. The van der Waals surface area contributed by atoms with Crippen molar-refractivity contribution in [3.8, 4) is 0 Å². The van der Waals surface area contributed by atoms with E-state index in [4.69, 9.17) is 14.2 Å². The number of aliphatic hydroxyl groups excluding tert-OH is 2. The fourth-order valence-corrected chi connectivity index (χ4v) is 2.99. The van der Waals surface area contributed by atoms with Crippen LogP contribution in [0.2, 0.25) is 0 Å². The first kappa shape index (κ1) is 21.1. The van der Waals surface area contributed by atoms with E-state index >= 15 is 0 Å². The number of hydrogen-bond donors (Lipinski definition) is 3. The molecule has 1 aliphatic rings. The summed E-state index contributed by atoms with van der Waals surface area (Å²) in [7, 11) is 1.51. The van der Waals surface area contributed by atoms with Gasteiger partial charge in [0.1, 0.15) is 24.1 Å². The van der Waals surface area contributed by atoms with Gasteiger partial charge in [-0.05, 0) is 18.2 Å². The van der Waals surface area contributed by atoms with Gasteiger partial charge in [0.15, 0.2) is 6.23 Å². The summed E-state index contributed by atoms with van der Waals surface area (Å²) < 4.78 is 17.3. The van der Waals surface area contributed by atoms with Crippen molar-refractivity contribution in [2.45, 2.75) is 24.5 Å². The number of methoxy groups -OCH3 is 1. The molecule has 1 unspecified atom stereocenters. The third-order valence-electron chi connectivity index (χ3n) is 4.47. The number of aromatic nitrogens is 2. The molecule has 1 saturated heterocycles. The number of amides is 1. The van der Waals surface area contributed by atoms with Gasteiger partial charge in [-0.25, -0.2) is 4.79 Å². The molecule has 4 atom stereocenters. The van der Waals surface area contributed by atoms with Crippen molar-refractivity contribution in [1.29, 1.82) is 0 Å². The molecule has 1 aromatic heterocycles. The van der Waals surface area contributed by atoms with E-state index in [0.717, 1.165) is 4.57 Å². The van der Waals surface area contributed by atoms with Gasteiger partial charge < -0.3 is 29.7 Å². The topological polar surface area (TPSA) is 132 Å². The molecule has 0 radical (unpaired) electrons. The molecule has 1 aromatic carbocycles. The highest BCUT2D eigenvalue weighted by Gasteiger charge is 2.45. The summed E-state index contributed by atoms with van der Waals surface area (Å²) in [5.41, 5.74) is -0.273. The van der Waals surface area contributed by atoms with Crippen LogP contribution in [0.5, 0.6) is 0 Å². The summed E-state index contributed by atoms with van der Waals surface area (Å²) >= 11 is 0. The number of carbonyl (C=O) groups excluding carboxylic acids is 1. The molecule has 29 heavy (non-hydrogen) atoms. The Morgan fingerprint density at radius 2 is 2.03 bits per heavy atom. The molecule has 3 N–H and O–H groups in total. The molecule has 0 spiro atoms. The van der Waals surface area contributed by atoms with Crippen molar-refractivity contribution in [3.05, 3.63) is 58.6 Å². The number of benzene rings is 1. The minimum absolute atomic E-state index is 0.0780. The number of hydrogen-bond acceptors (Lipinski definition) is 8. The van der Waals surface area contributed by atoms with Crippen LogP contribution in [0.25, 0.3) is 0 Å². The first-order valence-electron chi connectivity index (χ1n) is 9.05. The van der Waals surface area contributed by atoms with Gasteiger partial charge in [0.2, 0.25) is 0 Å². The summed E-state index contributed by atoms with van der Waals surface area (Å²) in [5.74, 6) is -0.321. The van der Waals surface area contributed by atoms with Crippen LogP contribution < -0.4 is 11.0 Å². The number of rotatable bonds is 8. The van der Waals surface area contributed by atoms with Gasteiger partial charge in [0.25, 0.3) is 5.91 Å². The molecule has 1 amide bonds. The highest BCUT2D eigenvalue weighted by Crippen LogP contribution is 2.30. The van der Waals surface area contributed by atoms with Crippen LogP contribution in [0, 0.1) is 0 Å². The first-order valence-corrected chi connectivity index (χ1v) is 9.05. The molecule has 156 valence electrons. The predicted molar refractivity (Wildman–Crippen MR) is 102 cm³/mol. The fourth-order valence-electron chi connectivity index (χ4n) is 2.99. The summed E-state index contributed by atoms with van der Waals surface area (Å²) in [6, 6.07) is 9.96. The smallest absolute Gasteiger partial charge is 0.351 e. The van der Waals surface area contributed by atoms with Crippen LogP contribution in [0.1, 0.15) is 16.6 Å². The number of aliphatic hydroxyl groups is 2. The second kappa shape index (κ2) is 9.72. The quantitative estimate of drug-likeness (QED) is 0.514. The third-order valence-corrected chi connectivity index (χ3v) is 4.47. The summed E-state index contributed by atoms with van der Waals surface area (Å²) in [5, 5.41) is 22.3. The highest BCUT2D eigenvalue weighted by molar-refractivity contribution is 6.03. The predicted octanol–water partition coefficient (Wildman–Crippen LogP) is -0.222. The third kappa shape index (κ3) is 4.86. The maximum absolute atomic E-state index is 12.5. The number of carbonyl (C=O) groups is 1. The van der Waals surface area contributed by atoms with Gasteiger partial charge in [-0.1, -0.05) is 18.2 Å². The molecule has 1 fully saturated rings. The number of nitrogens with one attached hydrogen (secondary N) is 1. The molecule has 1 aliphatic heterocycles. The van der Waals surface area contributed by atoms with E-state index in [1.807, 2.05) is 0 Å². The molecule has 10 heteroatoms. The highest BCUT2D eigenvalue weighted by atomic mass is 16.6. The maximum atomic E-state index is 12.5. The van der Waals surface area contributed by atoms with Gasteiger partial charge in [-0.3, -0.25) is 9.36 Å². The fraction of sp³-hybridized carbons (Fsp3) is 0.421. The van der Waals surface area contributed by atoms with E-state index in [1.54, 1.807) is 30.3 Å². The second-order valence-electron chi connectivity index (χ2n) is 6.39. The lowest BCUT2D eigenvalue weighted by atomic mass is 10.1. The molecule has 10 nitrogen and oxygen atoms in total. The molecule has 0 bridgehead atoms. The number of anilines is 1. The van der Waals surface area contributed by atoms with Crippen LogP contribution in [0.3, 0.4) is 0 Å². The average molecular weight is 405 g/mol. The lowest BCUT2D eigenvalue weighted by Gasteiger charge is -2.22. The largest absolute Gasteiger partial charge is 0.394 e. The Labute approximate surface area is 166 Å². The molecule has 0 saturated carbocycles. The molecular formula is C19H23N3O7. The van der Waals surface area contributed by atoms with Crippen molar-refractivity contribution < 1.29 is 29.2 Å². The van der Waals surface area contributed by atoms with E-state index < -0.39 is 42.7 Å². The van der Waals surface area contributed by atoms with E-state index in [0.29, 0.717) is 5.56 Å². The van der Waals surface area contributed by atoms with E-state index in [9.17, 15) is 19.8 Å². The first-order chi connectivity index (χ1) is 14.0. The van der Waals surface area contributed by atoms with E-state index in [-0.39, 0.29) is 19.0 Å². The van der Waals surface area contributed by atoms with E-state index in [1.165, 1.54) is 19.4 Å². The molecule has 3 rings (SSSR count). The standard InChI is InChI=1S/C19H23N3O7/c1-27-9-10-28-16-15(24)13(11-23)29-18(16)22-8-7-14(21-19(22)26)20-17(25)12-5-3-2-4-6-12/h2-8,13,15-16,18,23-24H,9-11H2,1H3,(H,20,21,25,26)/t13-,15+,16?,18-/m1/s1. The molecule has 2 aromatic rings. The zero-order chi connectivity index (χ0) is 20.8. The zero-order valence-electron chi connectivity index (χ0n) is 15.8. The van der Waals surface area contributed by atoms with Gasteiger partial charge in [0.05, 0.1) is 19.8 Å². The lowest BCUT2D eigenvalue weighted by molar-refractivity contribution is -0.0818. The Balaban J connectivity index is 1.77. The minimum Gasteiger partial charge on any atom is -0.394 e. The zero-order valence-corrected chi connectivity index (χ0v) is 15.8. The Morgan fingerprint density at radius 3 is 2.69 bits per heavy atom. The Kier molecular flexibility index (Phi) is 7.07. The van der Waals surface area contributed by atoms with Crippen molar-refractivity contribution >= 4 is 11.7 Å². The second-order valence-corrected chi connectivity index (χ2v) is 6.39. The van der Waals surface area contributed by atoms with Gasteiger partial charge in [-0.2, -0.15) is 4.98 Å². The number of nitrogens with zero attached hydrogens (tertiary/aromatic N) is 2. The summed E-state index contributed by atoms with van der Waals surface area (Å²) in [6.45, 7) is 0.0240.